The summed E-state index contributed by atoms with van der Waals surface area (Å²) in [5.41, 5.74) is 2.29. The molecule has 2 nitrogen and oxygen atoms in total. The van der Waals surface area contributed by atoms with Crippen molar-refractivity contribution in [3.63, 3.8) is 0 Å². The fraction of sp³-hybridized carbons (Fsp3) is 0.389. The predicted octanol–water partition coefficient (Wildman–Crippen LogP) is 4.52. The Bertz CT molecular complexity index is 528. The Hall–Kier alpha value is -1.83. The van der Waals surface area contributed by atoms with Crippen LogP contribution in [0.1, 0.15) is 45.1 Å². The molecule has 1 aliphatic heterocycles. The van der Waals surface area contributed by atoms with Gasteiger partial charge in [-0.3, -0.25) is 0 Å². The van der Waals surface area contributed by atoms with E-state index in [9.17, 15) is 4.79 Å². The first-order valence-electron chi connectivity index (χ1n) is 7.25. The van der Waals surface area contributed by atoms with E-state index in [0.29, 0.717) is 6.42 Å². The number of hydrogen-bond donors (Lipinski definition) is 0. The highest BCUT2D eigenvalue weighted by Gasteiger charge is 2.43. The number of hydrogen-bond acceptors (Lipinski definition) is 2. The molecule has 0 aromatic heterocycles. The zero-order valence-electron chi connectivity index (χ0n) is 12.3. The van der Waals surface area contributed by atoms with E-state index in [4.69, 9.17) is 4.74 Å². The van der Waals surface area contributed by atoms with Crippen LogP contribution in [0.2, 0.25) is 0 Å². The molecule has 2 heteroatoms. The molecule has 0 saturated carbocycles. The van der Waals surface area contributed by atoms with Crippen LogP contribution in [0.5, 0.6) is 0 Å². The van der Waals surface area contributed by atoms with Crippen LogP contribution in [0, 0.1) is 0 Å². The molecule has 2 rings (SSSR count). The summed E-state index contributed by atoms with van der Waals surface area (Å²) in [5, 5.41) is 0. The van der Waals surface area contributed by atoms with Crippen LogP contribution < -0.4 is 0 Å². The first-order valence-corrected chi connectivity index (χ1v) is 7.25. The van der Waals surface area contributed by atoms with Crippen LogP contribution >= 0.6 is 0 Å². The lowest BCUT2D eigenvalue weighted by Crippen LogP contribution is -2.25. The first kappa shape index (κ1) is 14.6. The van der Waals surface area contributed by atoms with Crippen molar-refractivity contribution in [1.29, 1.82) is 0 Å². The smallest absolute Gasteiger partial charge is 0.335 e. The molecular weight excluding hydrogens is 248 g/mol. The van der Waals surface area contributed by atoms with Gasteiger partial charge in [-0.1, -0.05) is 49.8 Å². The van der Waals surface area contributed by atoms with Gasteiger partial charge in [0.1, 0.15) is 0 Å². The van der Waals surface area contributed by atoms with Crippen LogP contribution in [0.25, 0.3) is 0 Å². The average Bonchev–Trinajstić information content (AvgIpc) is 2.70. The number of allylic oxidation sites excluding steroid dienone is 1. The summed E-state index contributed by atoms with van der Waals surface area (Å²) in [7, 11) is 0. The summed E-state index contributed by atoms with van der Waals surface area (Å²) in [4.78, 5) is 12.2. The van der Waals surface area contributed by atoms with Crippen LogP contribution in [0.3, 0.4) is 0 Å². The summed E-state index contributed by atoms with van der Waals surface area (Å²) in [6.45, 7) is 7.94. The number of esters is 1. The third-order valence-electron chi connectivity index (χ3n) is 3.94. The van der Waals surface area contributed by atoms with Crippen molar-refractivity contribution in [3.8, 4) is 0 Å². The van der Waals surface area contributed by atoms with Gasteiger partial charge in [0.25, 0.3) is 0 Å². The Balaban J connectivity index is 2.45. The molecule has 0 unspecified atom stereocenters. The minimum absolute atomic E-state index is 0.165. The van der Waals surface area contributed by atoms with E-state index in [1.165, 1.54) is 0 Å². The SMILES string of the molecule is C=CCC1=C(CCCC)C(=O)O[C@]1(C)c1ccccc1. The van der Waals surface area contributed by atoms with Gasteiger partial charge in [0, 0.05) is 5.57 Å². The number of unbranched alkanes of at least 4 members (excludes halogenated alkanes) is 1. The quantitative estimate of drug-likeness (QED) is 0.561. The lowest BCUT2D eigenvalue weighted by atomic mass is 9.84. The third-order valence-corrected chi connectivity index (χ3v) is 3.94. The molecule has 0 radical (unpaired) electrons. The number of cyclic esters (lactones) is 1. The van der Waals surface area contributed by atoms with Gasteiger partial charge in [-0.25, -0.2) is 4.79 Å². The molecule has 1 aromatic rings. The number of carbonyl (C=O) groups is 1. The molecule has 1 aliphatic rings. The van der Waals surface area contributed by atoms with Gasteiger partial charge in [0.2, 0.25) is 0 Å². The van der Waals surface area contributed by atoms with Crippen molar-refractivity contribution >= 4 is 5.97 Å². The number of carbonyl (C=O) groups excluding carboxylic acids is 1. The van der Waals surface area contributed by atoms with E-state index in [0.717, 1.165) is 36.0 Å². The van der Waals surface area contributed by atoms with Gasteiger partial charge < -0.3 is 4.74 Å². The van der Waals surface area contributed by atoms with Crippen molar-refractivity contribution in [1.82, 2.24) is 0 Å². The van der Waals surface area contributed by atoms with E-state index >= 15 is 0 Å². The molecule has 0 bridgehead atoms. The maximum absolute atomic E-state index is 12.2. The van der Waals surface area contributed by atoms with E-state index in [-0.39, 0.29) is 5.97 Å². The lowest BCUT2D eigenvalue weighted by Gasteiger charge is -2.27. The van der Waals surface area contributed by atoms with Crippen molar-refractivity contribution in [3.05, 3.63) is 59.7 Å². The van der Waals surface area contributed by atoms with Gasteiger partial charge in [-0.15, -0.1) is 6.58 Å². The second-order valence-electron chi connectivity index (χ2n) is 5.34. The maximum Gasteiger partial charge on any atom is 0.335 e. The van der Waals surface area contributed by atoms with Crippen LogP contribution in [-0.4, -0.2) is 5.97 Å². The second-order valence-corrected chi connectivity index (χ2v) is 5.34. The highest BCUT2D eigenvalue weighted by atomic mass is 16.6. The highest BCUT2D eigenvalue weighted by Crippen LogP contribution is 2.44. The number of ether oxygens (including phenoxy) is 1. The van der Waals surface area contributed by atoms with E-state index in [1.54, 1.807) is 0 Å². The van der Waals surface area contributed by atoms with E-state index < -0.39 is 5.60 Å². The molecule has 1 aromatic carbocycles. The minimum atomic E-state index is -0.643. The van der Waals surface area contributed by atoms with Crippen LogP contribution in [-0.2, 0) is 15.1 Å². The van der Waals surface area contributed by atoms with Crippen molar-refractivity contribution in [2.45, 2.75) is 45.1 Å². The van der Waals surface area contributed by atoms with Crippen molar-refractivity contribution in [2.75, 3.05) is 0 Å². The first-order chi connectivity index (χ1) is 9.63. The zero-order valence-corrected chi connectivity index (χ0v) is 12.3. The van der Waals surface area contributed by atoms with Gasteiger partial charge in [-0.2, -0.15) is 0 Å². The molecule has 106 valence electrons. The molecule has 0 N–H and O–H groups in total. The Morgan fingerprint density at radius 1 is 1.30 bits per heavy atom. The number of benzene rings is 1. The van der Waals surface area contributed by atoms with Crippen molar-refractivity contribution < 1.29 is 9.53 Å². The third kappa shape index (κ3) is 2.55. The average molecular weight is 270 g/mol. The van der Waals surface area contributed by atoms with Gasteiger partial charge in [0.05, 0.1) is 0 Å². The molecular formula is C18H22O2. The molecule has 0 amide bonds. The topological polar surface area (TPSA) is 26.3 Å². The second kappa shape index (κ2) is 6.08. The maximum atomic E-state index is 12.2. The number of rotatable bonds is 6. The Kier molecular flexibility index (Phi) is 4.43. The molecule has 0 spiro atoms. The zero-order chi connectivity index (χ0) is 14.6. The van der Waals surface area contributed by atoms with Gasteiger partial charge in [0.15, 0.2) is 5.60 Å². The normalized spacial score (nSPS) is 22.0. The Morgan fingerprint density at radius 2 is 2.00 bits per heavy atom. The molecule has 0 fully saturated rings. The molecule has 0 aliphatic carbocycles. The van der Waals surface area contributed by atoms with Gasteiger partial charge in [-0.05, 0) is 37.3 Å². The fourth-order valence-corrected chi connectivity index (χ4v) is 2.78. The summed E-state index contributed by atoms with van der Waals surface area (Å²) >= 11 is 0. The predicted molar refractivity (Wildman–Crippen MR) is 81.3 cm³/mol. The standard InChI is InChI=1S/C18H22O2/c1-4-6-13-15-16(10-5-2)18(3,20-17(15)19)14-11-8-7-9-12-14/h5,7-9,11-12H,2,4,6,10,13H2,1,3H3/t18-/m1/s1. The summed E-state index contributed by atoms with van der Waals surface area (Å²) in [6, 6.07) is 9.95. The molecule has 1 heterocycles. The summed E-state index contributed by atoms with van der Waals surface area (Å²) < 4.78 is 5.75. The molecule has 0 saturated heterocycles. The van der Waals surface area contributed by atoms with Crippen LogP contribution in [0.15, 0.2) is 54.1 Å². The van der Waals surface area contributed by atoms with Gasteiger partial charge >= 0.3 is 5.97 Å². The van der Waals surface area contributed by atoms with Crippen molar-refractivity contribution in [2.24, 2.45) is 0 Å². The Morgan fingerprint density at radius 3 is 2.60 bits per heavy atom. The summed E-state index contributed by atoms with van der Waals surface area (Å²) in [6.07, 6.45) is 5.41. The lowest BCUT2D eigenvalue weighted by molar-refractivity contribution is -0.146. The van der Waals surface area contributed by atoms with Crippen LogP contribution in [0.4, 0.5) is 0 Å². The summed E-state index contributed by atoms with van der Waals surface area (Å²) in [5.74, 6) is -0.165. The van der Waals surface area contributed by atoms with E-state index in [2.05, 4.69) is 13.5 Å². The Labute approximate surface area is 121 Å². The molecule has 1 atom stereocenters. The van der Waals surface area contributed by atoms with E-state index in [1.807, 2.05) is 43.3 Å². The minimum Gasteiger partial charge on any atom is -0.446 e. The largest absolute Gasteiger partial charge is 0.446 e. The fourth-order valence-electron chi connectivity index (χ4n) is 2.78. The highest BCUT2D eigenvalue weighted by molar-refractivity contribution is 5.93. The molecule has 20 heavy (non-hydrogen) atoms. The monoisotopic (exact) mass is 270 g/mol.